The highest BCUT2D eigenvalue weighted by atomic mass is 32.1. The Morgan fingerprint density at radius 1 is 1.57 bits per heavy atom. The summed E-state index contributed by atoms with van der Waals surface area (Å²) >= 11 is 1.37. The number of rotatable bonds is 4. The number of aromatic nitrogens is 2. The molecule has 1 aromatic heterocycles. The number of ether oxygens (including phenoxy) is 2. The summed E-state index contributed by atoms with van der Waals surface area (Å²) in [6.45, 7) is 2.92. The number of nitrogens with zero attached hydrogens (tertiary/aromatic N) is 2. The number of anilines is 1. The molecule has 1 aromatic rings. The average Bonchev–Trinajstić information content (AvgIpc) is 2.77. The summed E-state index contributed by atoms with van der Waals surface area (Å²) in [6.07, 6.45) is 1.10. The van der Waals surface area contributed by atoms with Crippen LogP contribution in [-0.4, -0.2) is 30.0 Å². The lowest BCUT2D eigenvalue weighted by atomic mass is 10.1. The lowest BCUT2D eigenvalue weighted by Gasteiger charge is -2.06. The van der Waals surface area contributed by atoms with Crippen molar-refractivity contribution >= 4 is 16.5 Å². The minimum Gasteiger partial charge on any atom is -0.381 e. The van der Waals surface area contributed by atoms with E-state index < -0.39 is 0 Å². The molecule has 0 aliphatic carbocycles. The summed E-state index contributed by atoms with van der Waals surface area (Å²) in [7, 11) is 0. The van der Waals surface area contributed by atoms with Crippen LogP contribution in [0.15, 0.2) is 0 Å². The van der Waals surface area contributed by atoms with Gasteiger partial charge in [-0.2, -0.15) is 0 Å². The van der Waals surface area contributed by atoms with Crippen molar-refractivity contribution in [3.8, 4) is 0 Å². The predicted molar refractivity (Wildman–Crippen MR) is 52.9 cm³/mol. The van der Waals surface area contributed by atoms with Crippen LogP contribution in [0.5, 0.6) is 0 Å². The van der Waals surface area contributed by atoms with Crippen molar-refractivity contribution in [2.45, 2.75) is 13.0 Å². The first-order valence-corrected chi connectivity index (χ1v) is 5.39. The maximum Gasteiger partial charge on any atom is 0.203 e. The van der Waals surface area contributed by atoms with Gasteiger partial charge < -0.3 is 15.2 Å². The molecule has 1 unspecified atom stereocenters. The third-order valence-electron chi connectivity index (χ3n) is 2.09. The highest BCUT2D eigenvalue weighted by Gasteiger charge is 2.15. The van der Waals surface area contributed by atoms with Gasteiger partial charge >= 0.3 is 0 Å². The van der Waals surface area contributed by atoms with Gasteiger partial charge in [-0.25, -0.2) is 0 Å². The molecule has 0 saturated carbocycles. The van der Waals surface area contributed by atoms with E-state index in [1.165, 1.54) is 11.3 Å². The van der Waals surface area contributed by atoms with Crippen LogP contribution in [0.1, 0.15) is 11.4 Å². The molecule has 1 fully saturated rings. The Hall–Kier alpha value is -0.720. The van der Waals surface area contributed by atoms with Crippen LogP contribution in [0, 0.1) is 5.92 Å². The van der Waals surface area contributed by atoms with Gasteiger partial charge in [-0.15, -0.1) is 10.2 Å². The van der Waals surface area contributed by atoms with Crippen LogP contribution < -0.4 is 5.73 Å². The zero-order valence-corrected chi connectivity index (χ0v) is 8.63. The summed E-state index contributed by atoms with van der Waals surface area (Å²) in [5, 5.41) is 8.90. The lowest BCUT2D eigenvalue weighted by Crippen LogP contribution is -2.08. The summed E-state index contributed by atoms with van der Waals surface area (Å²) < 4.78 is 10.7. The van der Waals surface area contributed by atoms with E-state index in [0.717, 1.165) is 31.2 Å². The fourth-order valence-corrected chi connectivity index (χ4v) is 1.90. The first-order chi connectivity index (χ1) is 6.84. The Bertz CT molecular complexity index is 286. The minimum atomic E-state index is 0.493. The van der Waals surface area contributed by atoms with E-state index in [9.17, 15) is 0 Å². The standard InChI is InChI=1S/C8H13N3O2S/c9-8-11-10-7(14-8)5-13-4-6-1-2-12-3-6/h6H,1-5H2,(H2,9,11). The van der Waals surface area contributed by atoms with E-state index in [1.54, 1.807) is 0 Å². The molecule has 0 aromatic carbocycles. The predicted octanol–water partition coefficient (Wildman–Crippen LogP) is 0.673. The molecule has 6 heteroatoms. The van der Waals surface area contributed by atoms with Crippen LogP contribution in [0.25, 0.3) is 0 Å². The second-order valence-electron chi connectivity index (χ2n) is 3.28. The van der Waals surface area contributed by atoms with Crippen LogP contribution in [0.2, 0.25) is 0 Å². The molecular formula is C8H13N3O2S. The molecule has 2 N–H and O–H groups in total. The summed E-state index contributed by atoms with van der Waals surface area (Å²) in [5.74, 6) is 0.542. The molecule has 78 valence electrons. The average molecular weight is 215 g/mol. The third kappa shape index (κ3) is 2.63. The maximum atomic E-state index is 5.49. The zero-order chi connectivity index (χ0) is 9.80. The van der Waals surface area contributed by atoms with Crippen molar-refractivity contribution < 1.29 is 9.47 Å². The van der Waals surface area contributed by atoms with E-state index in [2.05, 4.69) is 10.2 Å². The second-order valence-corrected chi connectivity index (χ2v) is 4.37. The molecule has 1 aliphatic rings. The van der Waals surface area contributed by atoms with Gasteiger partial charge in [0.2, 0.25) is 5.13 Å². The number of hydrogen-bond acceptors (Lipinski definition) is 6. The van der Waals surface area contributed by atoms with Crippen molar-refractivity contribution in [1.82, 2.24) is 10.2 Å². The van der Waals surface area contributed by atoms with Crippen LogP contribution in [-0.2, 0) is 16.1 Å². The third-order valence-corrected chi connectivity index (χ3v) is 2.81. The van der Waals surface area contributed by atoms with Gasteiger partial charge in [0.05, 0.1) is 13.2 Å². The van der Waals surface area contributed by atoms with Crippen molar-refractivity contribution in [2.24, 2.45) is 5.92 Å². The highest BCUT2D eigenvalue weighted by molar-refractivity contribution is 7.15. The molecule has 0 spiro atoms. The van der Waals surface area contributed by atoms with Gasteiger partial charge in [0, 0.05) is 12.5 Å². The molecule has 0 amide bonds. The molecule has 0 radical (unpaired) electrons. The normalized spacial score (nSPS) is 21.6. The fourth-order valence-electron chi connectivity index (χ4n) is 1.35. The van der Waals surface area contributed by atoms with Crippen molar-refractivity contribution in [3.05, 3.63) is 5.01 Å². The molecule has 2 rings (SSSR count). The van der Waals surface area contributed by atoms with Crippen LogP contribution in [0.3, 0.4) is 0 Å². The van der Waals surface area contributed by atoms with Crippen LogP contribution in [0.4, 0.5) is 5.13 Å². The molecule has 14 heavy (non-hydrogen) atoms. The maximum absolute atomic E-state index is 5.49. The molecule has 5 nitrogen and oxygen atoms in total. The first-order valence-electron chi connectivity index (χ1n) is 4.58. The number of nitrogens with two attached hydrogens (primary N) is 1. The molecule has 2 heterocycles. The summed E-state index contributed by atoms with van der Waals surface area (Å²) in [4.78, 5) is 0. The molecule has 1 aliphatic heterocycles. The first kappa shape index (κ1) is 9.82. The SMILES string of the molecule is Nc1nnc(COCC2CCOC2)s1. The number of nitrogen functional groups attached to an aromatic ring is 1. The van der Waals surface area contributed by atoms with Crippen LogP contribution >= 0.6 is 11.3 Å². The van der Waals surface area contributed by atoms with Gasteiger partial charge in [-0.1, -0.05) is 11.3 Å². The largest absolute Gasteiger partial charge is 0.381 e. The Balaban J connectivity index is 1.67. The molecular weight excluding hydrogens is 202 g/mol. The quantitative estimate of drug-likeness (QED) is 0.799. The van der Waals surface area contributed by atoms with Crippen molar-refractivity contribution in [3.63, 3.8) is 0 Å². The second kappa shape index (κ2) is 4.68. The Kier molecular flexibility index (Phi) is 3.28. The Morgan fingerprint density at radius 2 is 2.50 bits per heavy atom. The zero-order valence-electron chi connectivity index (χ0n) is 7.81. The summed E-state index contributed by atoms with van der Waals surface area (Å²) in [6, 6.07) is 0. The van der Waals surface area contributed by atoms with Gasteiger partial charge in [0.15, 0.2) is 0 Å². The molecule has 1 atom stereocenters. The van der Waals surface area contributed by atoms with Gasteiger partial charge in [0.25, 0.3) is 0 Å². The Morgan fingerprint density at radius 3 is 3.14 bits per heavy atom. The molecule has 0 bridgehead atoms. The lowest BCUT2D eigenvalue weighted by molar-refractivity contribution is 0.0787. The monoisotopic (exact) mass is 215 g/mol. The van der Waals surface area contributed by atoms with E-state index in [0.29, 0.717) is 17.7 Å². The van der Waals surface area contributed by atoms with Gasteiger partial charge in [-0.05, 0) is 6.42 Å². The summed E-state index contributed by atoms with van der Waals surface area (Å²) in [5.41, 5.74) is 5.44. The van der Waals surface area contributed by atoms with Gasteiger partial charge in [-0.3, -0.25) is 0 Å². The number of hydrogen-bond donors (Lipinski definition) is 1. The highest BCUT2D eigenvalue weighted by Crippen LogP contribution is 2.15. The Labute approximate surface area is 86.2 Å². The van der Waals surface area contributed by atoms with E-state index in [4.69, 9.17) is 15.2 Å². The van der Waals surface area contributed by atoms with E-state index in [-0.39, 0.29) is 0 Å². The molecule has 1 saturated heterocycles. The smallest absolute Gasteiger partial charge is 0.203 e. The van der Waals surface area contributed by atoms with E-state index in [1.807, 2.05) is 0 Å². The van der Waals surface area contributed by atoms with Crippen molar-refractivity contribution in [1.29, 1.82) is 0 Å². The van der Waals surface area contributed by atoms with Gasteiger partial charge in [0.1, 0.15) is 11.6 Å². The fraction of sp³-hybridized carbons (Fsp3) is 0.750. The van der Waals surface area contributed by atoms with E-state index >= 15 is 0 Å². The minimum absolute atomic E-state index is 0.493. The van der Waals surface area contributed by atoms with Crippen molar-refractivity contribution in [2.75, 3.05) is 25.6 Å². The topological polar surface area (TPSA) is 70.3 Å².